The van der Waals surface area contributed by atoms with Crippen LogP contribution in [0.4, 0.5) is 0 Å². The molecule has 3 heterocycles. The summed E-state index contributed by atoms with van der Waals surface area (Å²) in [6.07, 6.45) is 7.46. The van der Waals surface area contributed by atoms with Crippen molar-refractivity contribution in [2.45, 2.75) is 25.7 Å². The van der Waals surface area contributed by atoms with Crippen LogP contribution < -0.4 is 0 Å². The first kappa shape index (κ1) is 12.9. The quantitative estimate of drug-likeness (QED) is 0.836. The van der Waals surface area contributed by atoms with Gasteiger partial charge in [0, 0.05) is 26.3 Å². The van der Waals surface area contributed by atoms with Crippen molar-refractivity contribution in [1.82, 2.24) is 19.7 Å². The van der Waals surface area contributed by atoms with Gasteiger partial charge in [-0.15, -0.1) is 0 Å². The zero-order valence-corrected chi connectivity index (χ0v) is 11.7. The molecule has 1 saturated heterocycles. The Bertz CT molecular complexity index is 608. The largest absolute Gasteiger partial charge is 0.438 e. The number of rotatable bonds is 2. The summed E-state index contributed by atoms with van der Waals surface area (Å²) in [6, 6.07) is 0. The SMILES string of the molecule is Cc1cnc(C(=O)N2CCC(c3cnn(C)c3)CC2)o1. The summed E-state index contributed by atoms with van der Waals surface area (Å²) < 4.78 is 7.12. The van der Waals surface area contributed by atoms with Crippen molar-refractivity contribution in [3.8, 4) is 0 Å². The van der Waals surface area contributed by atoms with E-state index in [1.165, 1.54) is 5.56 Å². The Morgan fingerprint density at radius 3 is 2.65 bits per heavy atom. The molecule has 6 heteroatoms. The van der Waals surface area contributed by atoms with E-state index in [0.29, 0.717) is 11.7 Å². The zero-order chi connectivity index (χ0) is 14.1. The highest BCUT2D eigenvalue weighted by Gasteiger charge is 2.27. The van der Waals surface area contributed by atoms with Gasteiger partial charge in [0.15, 0.2) is 0 Å². The van der Waals surface area contributed by atoms with Crippen LogP contribution in [0.25, 0.3) is 0 Å². The molecule has 0 spiro atoms. The maximum atomic E-state index is 12.2. The third kappa shape index (κ3) is 2.45. The second-order valence-electron chi connectivity index (χ2n) is 5.29. The van der Waals surface area contributed by atoms with Crippen molar-refractivity contribution in [2.75, 3.05) is 13.1 Å². The molecule has 1 amide bonds. The van der Waals surface area contributed by atoms with Crippen LogP contribution in [-0.2, 0) is 7.05 Å². The Labute approximate surface area is 117 Å². The molecule has 0 aliphatic carbocycles. The Morgan fingerprint density at radius 2 is 2.10 bits per heavy atom. The number of nitrogens with zero attached hydrogens (tertiary/aromatic N) is 4. The van der Waals surface area contributed by atoms with Crippen LogP contribution in [0, 0.1) is 6.92 Å². The molecule has 0 aromatic carbocycles. The Balaban J connectivity index is 1.62. The van der Waals surface area contributed by atoms with Crippen LogP contribution in [0.1, 0.15) is 40.8 Å². The minimum absolute atomic E-state index is 0.109. The van der Waals surface area contributed by atoms with Crippen LogP contribution in [0.2, 0.25) is 0 Å². The van der Waals surface area contributed by atoms with Crippen LogP contribution in [0.5, 0.6) is 0 Å². The number of carbonyl (C=O) groups excluding carboxylic acids is 1. The number of oxazole rings is 1. The van der Waals surface area contributed by atoms with Gasteiger partial charge in [0.2, 0.25) is 0 Å². The monoisotopic (exact) mass is 274 g/mol. The molecule has 0 bridgehead atoms. The lowest BCUT2D eigenvalue weighted by Crippen LogP contribution is -2.38. The number of aromatic nitrogens is 3. The molecule has 0 radical (unpaired) electrons. The lowest BCUT2D eigenvalue weighted by atomic mass is 9.91. The number of piperidine rings is 1. The van der Waals surface area contributed by atoms with Crippen molar-refractivity contribution in [3.63, 3.8) is 0 Å². The lowest BCUT2D eigenvalue weighted by molar-refractivity contribution is 0.0671. The summed E-state index contributed by atoms with van der Waals surface area (Å²) in [4.78, 5) is 18.0. The van der Waals surface area contributed by atoms with Gasteiger partial charge in [-0.05, 0) is 31.2 Å². The summed E-state index contributed by atoms with van der Waals surface area (Å²) in [6.45, 7) is 3.26. The van der Waals surface area contributed by atoms with E-state index in [9.17, 15) is 4.79 Å². The first-order valence-electron chi connectivity index (χ1n) is 6.84. The molecule has 1 aliphatic rings. The van der Waals surface area contributed by atoms with Crippen LogP contribution in [-0.4, -0.2) is 38.7 Å². The van der Waals surface area contributed by atoms with Gasteiger partial charge in [-0.2, -0.15) is 5.10 Å². The minimum Gasteiger partial charge on any atom is -0.438 e. The van der Waals surface area contributed by atoms with Gasteiger partial charge < -0.3 is 9.32 Å². The molecular formula is C14H18N4O2. The average Bonchev–Trinajstić information content (AvgIpc) is 3.07. The smallest absolute Gasteiger partial charge is 0.309 e. The van der Waals surface area contributed by atoms with Gasteiger partial charge in [-0.3, -0.25) is 9.48 Å². The standard InChI is InChI=1S/C14H18N4O2/c1-10-7-15-13(20-10)14(19)18-5-3-11(4-6-18)12-8-16-17(2)9-12/h7-9,11H,3-6H2,1-2H3. The van der Waals surface area contributed by atoms with Crippen molar-refractivity contribution < 1.29 is 9.21 Å². The predicted molar refractivity (Wildman–Crippen MR) is 72.3 cm³/mol. The molecule has 0 saturated carbocycles. The van der Waals surface area contributed by atoms with E-state index in [0.717, 1.165) is 25.9 Å². The van der Waals surface area contributed by atoms with E-state index in [4.69, 9.17) is 4.42 Å². The number of carbonyl (C=O) groups is 1. The third-order valence-corrected chi connectivity index (χ3v) is 3.78. The molecule has 3 rings (SSSR count). The normalized spacial score (nSPS) is 16.6. The van der Waals surface area contributed by atoms with Gasteiger partial charge in [-0.1, -0.05) is 0 Å². The van der Waals surface area contributed by atoms with Crippen molar-refractivity contribution in [2.24, 2.45) is 7.05 Å². The Morgan fingerprint density at radius 1 is 1.35 bits per heavy atom. The van der Waals surface area contributed by atoms with E-state index in [2.05, 4.69) is 16.3 Å². The van der Waals surface area contributed by atoms with E-state index >= 15 is 0 Å². The second kappa shape index (κ2) is 5.11. The molecule has 6 nitrogen and oxygen atoms in total. The van der Waals surface area contributed by atoms with Gasteiger partial charge in [0.05, 0.1) is 12.4 Å². The van der Waals surface area contributed by atoms with Crippen LogP contribution in [0.15, 0.2) is 23.0 Å². The number of aryl methyl sites for hydroxylation is 2. The summed E-state index contributed by atoms with van der Waals surface area (Å²) in [5, 5.41) is 4.21. The van der Waals surface area contributed by atoms with Crippen molar-refractivity contribution in [3.05, 3.63) is 35.8 Å². The number of hydrogen-bond acceptors (Lipinski definition) is 4. The molecule has 2 aromatic heterocycles. The molecule has 1 aliphatic heterocycles. The van der Waals surface area contributed by atoms with Gasteiger partial charge in [0.25, 0.3) is 5.89 Å². The topological polar surface area (TPSA) is 64.2 Å². The van der Waals surface area contributed by atoms with Gasteiger partial charge in [0.1, 0.15) is 5.76 Å². The van der Waals surface area contributed by atoms with E-state index < -0.39 is 0 Å². The lowest BCUT2D eigenvalue weighted by Gasteiger charge is -2.30. The number of hydrogen-bond donors (Lipinski definition) is 0. The van der Waals surface area contributed by atoms with E-state index in [-0.39, 0.29) is 11.8 Å². The minimum atomic E-state index is -0.109. The first-order chi connectivity index (χ1) is 9.63. The molecule has 0 unspecified atom stereocenters. The molecule has 1 fully saturated rings. The average molecular weight is 274 g/mol. The maximum Gasteiger partial charge on any atom is 0.309 e. The van der Waals surface area contributed by atoms with Crippen LogP contribution >= 0.6 is 0 Å². The molecule has 0 N–H and O–H groups in total. The summed E-state index contributed by atoms with van der Waals surface area (Å²) in [7, 11) is 1.92. The fourth-order valence-electron chi connectivity index (χ4n) is 2.66. The van der Waals surface area contributed by atoms with Gasteiger partial charge >= 0.3 is 5.91 Å². The van der Waals surface area contributed by atoms with Crippen molar-refractivity contribution in [1.29, 1.82) is 0 Å². The number of amides is 1. The highest BCUT2D eigenvalue weighted by atomic mass is 16.4. The van der Waals surface area contributed by atoms with E-state index in [1.54, 1.807) is 13.1 Å². The maximum absolute atomic E-state index is 12.2. The fourth-order valence-corrected chi connectivity index (χ4v) is 2.66. The molecule has 0 atom stereocenters. The van der Waals surface area contributed by atoms with Crippen LogP contribution in [0.3, 0.4) is 0 Å². The third-order valence-electron chi connectivity index (χ3n) is 3.78. The molecule has 106 valence electrons. The Kier molecular flexibility index (Phi) is 3.30. The van der Waals surface area contributed by atoms with E-state index in [1.807, 2.05) is 22.8 Å². The predicted octanol–water partition coefficient (Wildman–Crippen LogP) is 1.74. The van der Waals surface area contributed by atoms with Crippen molar-refractivity contribution >= 4 is 5.91 Å². The Hall–Kier alpha value is -2.11. The first-order valence-corrected chi connectivity index (χ1v) is 6.84. The zero-order valence-electron chi connectivity index (χ0n) is 11.7. The highest BCUT2D eigenvalue weighted by molar-refractivity contribution is 5.89. The fraction of sp³-hybridized carbons (Fsp3) is 0.500. The summed E-state index contributed by atoms with van der Waals surface area (Å²) in [5.41, 5.74) is 1.26. The number of likely N-dealkylation sites (tertiary alicyclic amines) is 1. The molecular weight excluding hydrogens is 256 g/mol. The highest BCUT2D eigenvalue weighted by Crippen LogP contribution is 2.28. The summed E-state index contributed by atoms with van der Waals surface area (Å²) in [5.74, 6) is 1.24. The molecule has 2 aromatic rings. The van der Waals surface area contributed by atoms with Gasteiger partial charge in [-0.25, -0.2) is 4.98 Å². The second-order valence-corrected chi connectivity index (χ2v) is 5.29. The molecule has 20 heavy (non-hydrogen) atoms. The summed E-state index contributed by atoms with van der Waals surface area (Å²) >= 11 is 0.